The molecule has 1 heterocycles. The number of carbonyl (C=O) groups is 2. The first-order valence-corrected chi connectivity index (χ1v) is 10.0. The summed E-state index contributed by atoms with van der Waals surface area (Å²) in [7, 11) is 3.02. The van der Waals surface area contributed by atoms with Crippen LogP contribution >= 0.6 is 0 Å². The van der Waals surface area contributed by atoms with E-state index >= 15 is 0 Å². The molecule has 31 heavy (non-hydrogen) atoms. The lowest BCUT2D eigenvalue weighted by atomic mass is 9.94. The molecule has 3 aromatic rings. The van der Waals surface area contributed by atoms with E-state index in [0.29, 0.717) is 22.7 Å². The van der Waals surface area contributed by atoms with Crippen molar-refractivity contribution < 1.29 is 19.1 Å². The van der Waals surface area contributed by atoms with Gasteiger partial charge in [0, 0.05) is 11.3 Å². The highest BCUT2D eigenvalue weighted by molar-refractivity contribution is 6.03. The molecule has 0 spiro atoms. The molecule has 158 valence electrons. The minimum atomic E-state index is -0.446. The molecule has 0 saturated heterocycles. The third kappa shape index (κ3) is 3.84. The zero-order chi connectivity index (χ0) is 22.0. The van der Waals surface area contributed by atoms with Gasteiger partial charge in [0.05, 0.1) is 25.8 Å². The summed E-state index contributed by atoms with van der Waals surface area (Å²) in [6.45, 7) is 1.90. The minimum absolute atomic E-state index is 0.0908. The second-order valence-electron chi connectivity index (χ2n) is 7.43. The van der Waals surface area contributed by atoms with E-state index in [1.165, 1.54) is 14.2 Å². The molecular formula is C25H24N2O4. The Labute approximate surface area is 181 Å². The summed E-state index contributed by atoms with van der Waals surface area (Å²) in [5.74, 6) is 0.240. The first-order chi connectivity index (χ1) is 15.0. The molecule has 0 radical (unpaired) electrons. The Morgan fingerprint density at radius 1 is 1.00 bits per heavy atom. The number of anilines is 1. The monoisotopic (exact) mass is 416 g/mol. The maximum atomic E-state index is 13.8. The molecule has 4 rings (SSSR count). The van der Waals surface area contributed by atoms with Crippen molar-refractivity contribution in [3.8, 4) is 11.5 Å². The lowest BCUT2D eigenvalue weighted by Crippen LogP contribution is -2.39. The van der Waals surface area contributed by atoms with Gasteiger partial charge in [0.15, 0.2) is 11.5 Å². The average Bonchev–Trinajstić information content (AvgIpc) is 2.94. The predicted octanol–water partition coefficient (Wildman–Crippen LogP) is 4.20. The van der Waals surface area contributed by atoms with Gasteiger partial charge in [0.2, 0.25) is 5.91 Å². The fourth-order valence-electron chi connectivity index (χ4n) is 4.02. The van der Waals surface area contributed by atoms with Gasteiger partial charge in [-0.2, -0.15) is 0 Å². The molecule has 0 aromatic heterocycles. The minimum Gasteiger partial charge on any atom is -0.493 e. The van der Waals surface area contributed by atoms with Gasteiger partial charge in [0.25, 0.3) is 5.91 Å². The van der Waals surface area contributed by atoms with Crippen molar-refractivity contribution in [3.05, 3.63) is 89.0 Å². The van der Waals surface area contributed by atoms with Gasteiger partial charge in [-0.1, -0.05) is 54.1 Å². The summed E-state index contributed by atoms with van der Waals surface area (Å²) in [6.07, 6.45) is 0. The Balaban J connectivity index is 1.91. The summed E-state index contributed by atoms with van der Waals surface area (Å²) >= 11 is 0. The second-order valence-corrected chi connectivity index (χ2v) is 7.43. The molecule has 0 saturated carbocycles. The summed E-state index contributed by atoms with van der Waals surface area (Å²) in [5.41, 5.74) is 3.87. The van der Waals surface area contributed by atoms with E-state index < -0.39 is 6.04 Å². The highest BCUT2D eigenvalue weighted by Gasteiger charge is 2.35. The number of ether oxygens (including phenoxy) is 2. The fourth-order valence-corrected chi connectivity index (χ4v) is 4.02. The molecule has 0 bridgehead atoms. The van der Waals surface area contributed by atoms with Crippen molar-refractivity contribution in [1.82, 2.24) is 4.90 Å². The number of fused-ring (bicyclic) bond motifs is 1. The van der Waals surface area contributed by atoms with Gasteiger partial charge in [-0.05, 0) is 30.7 Å². The van der Waals surface area contributed by atoms with Crippen LogP contribution in [0.3, 0.4) is 0 Å². The number of benzene rings is 3. The largest absolute Gasteiger partial charge is 0.493 e. The highest BCUT2D eigenvalue weighted by Crippen LogP contribution is 2.39. The molecule has 3 aromatic carbocycles. The molecule has 0 aliphatic carbocycles. The van der Waals surface area contributed by atoms with Gasteiger partial charge in [-0.15, -0.1) is 0 Å². The van der Waals surface area contributed by atoms with Gasteiger partial charge >= 0.3 is 0 Å². The number of methoxy groups -OCH3 is 2. The van der Waals surface area contributed by atoms with Gasteiger partial charge in [0.1, 0.15) is 6.54 Å². The van der Waals surface area contributed by atoms with Crippen molar-refractivity contribution in [2.24, 2.45) is 0 Å². The summed E-state index contributed by atoms with van der Waals surface area (Å²) in [6, 6.07) is 20.3. The van der Waals surface area contributed by atoms with Crippen LogP contribution in [0.1, 0.15) is 33.1 Å². The number of hydrogen-bond donors (Lipinski definition) is 1. The summed E-state index contributed by atoms with van der Waals surface area (Å²) < 4.78 is 10.9. The third-order valence-corrected chi connectivity index (χ3v) is 5.41. The van der Waals surface area contributed by atoms with E-state index in [-0.39, 0.29) is 18.4 Å². The number of amides is 2. The van der Waals surface area contributed by atoms with E-state index in [0.717, 1.165) is 16.7 Å². The van der Waals surface area contributed by atoms with E-state index in [4.69, 9.17) is 9.47 Å². The zero-order valence-electron chi connectivity index (χ0n) is 17.7. The van der Waals surface area contributed by atoms with Crippen LogP contribution in [0.5, 0.6) is 11.5 Å². The lowest BCUT2D eigenvalue weighted by Gasteiger charge is -2.31. The number of hydrogen-bond acceptors (Lipinski definition) is 4. The van der Waals surface area contributed by atoms with E-state index in [1.807, 2.05) is 55.5 Å². The first-order valence-electron chi connectivity index (χ1n) is 10.0. The van der Waals surface area contributed by atoms with Crippen molar-refractivity contribution in [2.75, 3.05) is 26.1 Å². The number of aryl methyl sites for hydroxylation is 1. The average molecular weight is 416 g/mol. The third-order valence-electron chi connectivity index (χ3n) is 5.41. The maximum absolute atomic E-state index is 13.8. The van der Waals surface area contributed by atoms with Crippen molar-refractivity contribution in [2.45, 2.75) is 13.0 Å². The topological polar surface area (TPSA) is 67.9 Å². The van der Waals surface area contributed by atoms with Crippen LogP contribution < -0.4 is 14.8 Å². The van der Waals surface area contributed by atoms with E-state index in [1.54, 1.807) is 23.1 Å². The van der Waals surface area contributed by atoms with E-state index in [2.05, 4.69) is 5.32 Å². The molecule has 6 nitrogen and oxygen atoms in total. The standard InChI is InChI=1S/C25H24N2O4/c1-16-12-13-20-19(14-16)23(17-8-5-4-6-9-17)27(15-22(28)26-20)25(29)18-10-7-11-21(30-2)24(18)31-3/h4-14,23H,15H2,1-3H3,(H,26,28)/t23-/m0/s1. The first kappa shape index (κ1) is 20.5. The van der Waals surface area contributed by atoms with Crippen LogP contribution in [-0.2, 0) is 4.79 Å². The van der Waals surface area contributed by atoms with Gasteiger partial charge < -0.3 is 19.7 Å². The molecule has 1 aliphatic rings. The Morgan fingerprint density at radius 3 is 2.48 bits per heavy atom. The van der Waals surface area contributed by atoms with Gasteiger partial charge in [-0.3, -0.25) is 9.59 Å². The van der Waals surface area contributed by atoms with Crippen LogP contribution in [0.2, 0.25) is 0 Å². The Kier molecular flexibility index (Phi) is 5.62. The van der Waals surface area contributed by atoms with Crippen LogP contribution in [0.4, 0.5) is 5.69 Å². The fraction of sp³-hybridized carbons (Fsp3) is 0.200. The zero-order valence-corrected chi connectivity index (χ0v) is 17.7. The van der Waals surface area contributed by atoms with Gasteiger partial charge in [-0.25, -0.2) is 0 Å². The molecule has 1 aliphatic heterocycles. The molecular weight excluding hydrogens is 392 g/mol. The molecule has 1 atom stereocenters. The lowest BCUT2D eigenvalue weighted by molar-refractivity contribution is -0.117. The van der Waals surface area contributed by atoms with Crippen molar-refractivity contribution >= 4 is 17.5 Å². The number of nitrogens with one attached hydrogen (secondary N) is 1. The second kappa shape index (κ2) is 8.52. The maximum Gasteiger partial charge on any atom is 0.259 e. The van der Waals surface area contributed by atoms with Crippen molar-refractivity contribution in [3.63, 3.8) is 0 Å². The van der Waals surface area contributed by atoms with Crippen LogP contribution in [0.25, 0.3) is 0 Å². The molecule has 1 N–H and O–H groups in total. The Hall–Kier alpha value is -3.80. The SMILES string of the molecule is COc1cccc(C(=O)N2CC(=O)Nc3ccc(C)cc3[C@@H]2c2ccccc2)c1OC. The van der Waals surface area contributed by atoms with Crippen LogP contribution in [0.15, 0.2) is 66.7 Å². The number of nitrogens with zero attached hydrogens (tertiary/aromatic N) is 1. The smallest absolute Gasteiger partial charge is 0.259 e. The Bertz CT molecular complexity index is 1130. The van der Waals surface area contributed by atoms with Crippen LogP contribution in [0, 0.1) is 6.92 Å². The molecule has 2 amide bonds. The number of rotatable bonds is 4. The molecule has 6 heteroatoms. The number of carbonyl (C=O) groups excluding carboxylic acids is 2. The highest BCUT2D eigenvalue weighted by atomic mass is 16.5. The summed E-state index contributed by atoms with van der Waals surface area (Å²) in [5, 5.41) is 2.95. The molecule has 0 fully saturated rings. The predicted molar refractivity (Wildman–Crippen MR) is 119 cm³/mol. The number of para-hydroxylation sites is 1. The Morgan fingerprint density at radius 2 is 1.77 bits per heavy atom. The van der Waals surface area contributed by atoms with E-state index in [9.17, 15) is 9.59 Å². The van der Waals surface area contributed by atoms with Crippen LogP contribution in [-0.4, -0.2) is 37.5 Å². The quantitative estimate of drug-likeness (QED) is 0.692. The normalized spacial score (nSPS) is 15.5. The molecule has 0 unspecified atom stereocenters. The van der Waals surface area contributed by atoms with Crippen molar-refractivity contribution in [1.29, 1.82) is 0 Å². The summed E-state index contributed by atoms with van der Waals surface area (Å²) in [4.78, 5) is 28.2.